The Hall–Kier alpha value is -1.95. The first-order valence-corrected chi connectivity index (χ1v) is 9.73. The quantitative estimate of drug-likeness (QED) is 0.821. The van der Waals surface area contributed by atoms with Crippen LogP contribution in [-0.2, 0) is 16.1 Å². The SMILES string of the molecule is CCN1C(=O)[C@H]2CN(Cc3cccnc3)C[C@H]2C12CCN(C(C)=O)CC2. The lowest BCUT2D eigenvalue weighted by atomic mass is 9.75. The maximum Gasteiger partial charge on any atom is 0.227 e. The van der Waals surface area contributed by atoms with Crippen molar-refractivity contribution in [2.75, 3.05) is 32.7 Å². The normalized spacial score (nSPS) is 28.0. The van der Waals surface area contributed by atoms with Crippen LogP contribution in [-0.4, -0.2) is 69.8 Å². The molecule has 4 rings (SSSR count). The van der Waals surface area contributed by atoms with Gasteiger partial charge in [-0.25, -0.2) is 0 Å². The number of likely N-dealkylation sites (tertiary alicyclic amines) is 3. The Balaban J connectivity index is 1.53. The van der Waals surface area contributed by atoms with Crippen LogP contribution in [0.2, 0.25) is 0 Å². The van der Waals surface area contributed by atoms with Crippen LogP contribution < -0.4 is 0 Å². The van der Waals surface area contributed by atoms with Crippen molar-refractivity contribution >= 4 is 11.8 Å². The van der Waals surface area contributed by atoms with Gasteiger partial charge in [-0.2, -0.15) is 0 Å². The first-order chi connectivity index (χ1) is 12.5. The number of hydrogen-bond donors (Lipinski definition) is 0. The molecule has 6 nitrogen and oxygen atoms in total. The summed E-state index contributed by atoms with van der Waals surface area (Å²) >= 11 is 0. The fraction of sp³-hybridized carbons (Fsp3) is 0.650. The van der Waals surface area contributed by atoms with Crippen molar-refractivity contribution in [1.82, 2.24) is 19.7 Å². The zero-order valence-corrected chi connectivity index (χ0v) is 15.7. The summed E-state index contributed by atoms with van der Waals surface area (Å²) in [5.41, 5.74) is 1.14. The molecule has 3 aliphatic rings. The standard InChI is InChI=1S/C20H28N4O2/c1-3-24-19(26)17-13-22(12-16-5-4-8-21-11-16)14-18(17)20(24)6-9-23(10-7-20)15(2)25/h4-5,8,11,17-18H,3,6-7,9-10,12-14H2,1-2H3/t17-,18+/m0/s1. The zero-order chi connectivity index (χ0) is 18.3. The van der Waals surface area contributed by atoms with Crippen molar-refractivity contribution in [3.8, 4) is 0 Å². The minimum atomic E-state index is -0.0634. The second kappa shape index (κ2) is 6.65. The third kappa shape index (κ3) is 2.71. The molecule has 0 aromatic carbocycles. The van der Waals surface area contributed by atoms with Crippen LogP contribution in [0.3, 0.4) is 0 Å². The van der Waals surface area contributed by atoms with E-state index in [-0.39, 0.29) is 17.4 Å². The highest BCUT2D eigenvalue weighted by atomic mass is 16.2. The van der Waals surface area contributed by atoms with Gasteiger partial charge in [-0.3, -0.25) is 19.5 Å². The van der Waals surface area contributed by atoms with Crippen molar-refractivity contribution in [3.05, 3.63) is 30.1 Å². The van der Waals surface area contributed by atoms with Gasteiger partial charge in [-0.05, 0) is 31.4 Å². The second-order valence-corrected chi connectivity index (χ2v) is 7.96. The molecule has 26 heavy (non-hydrogen) atoms. The van der Waals surface area contributed by atoms with E-state index in [1.54, 1.807) is 13.1 Å². The van der Waals surface area contributed by atoms with Gasteiger partial charge in [0.05, 0.1) is 11.5 Å². The molecule has 4 heterocycles. The predicted octanol–water partition coefficient (Wildman–Crippen LogP) is 1.37. The van der Waals surface area contributed by atoms with Crippen molar-refractivity contribution in [1.29, 1.82) is 0 Å². The lowest BCUT2D eigenvalue weighted by Crippen LogP contribution is -2.57. The molecule has 140 valence electrons. The molecule has 0 unspecified atom stereocenters. The molecule has 2 amide bonds. The Morgan fingerprint density at radius 3 is 2.69 bits per heavy atom. The largest absolute Gasteiger partial charge is 0.343 e. The van der Waals surface area contributed by atoms with Gasteiger partial charge in [-0.1, -0.05) is 6.07 Å². The summed E-state index contributed by atoms with van der Waals surface area (Å²) < 4.78 is 0. The van der Waals surface area contributed by atoms with Crippen LogP contribution in [0.15, 0.2) is 24.5 Å². The number of carbonyl (C=O) groups is 2. The number of amides is 2. The smallest absolute Gasteiger partial charge is 0.227 e. The average molecular weight is 356 g/mol. The molecule has 0 aliphatic carbocycles. The third-order valence-corrected chi connectivity index (χ3v) is 6.73. The lowest BCUT2D eigenvalue weighted by Gasteiger charge is -2.47. The fourth-order valence-corrected chi connectivity index (χ4v) is 5.50. The Morgan fingerprint density at radius 2 is 2.08 bits per heavy atom. The van der Waals surface area contributed by atoms with E-state index in [0.717, 1.165) is 52.1 Å². The second-order valence-electron chi connectivity index (χ2n) is 7.96. The number of pyridine rings is 1. The molecule has 0 bridgehead atoms. The van der Waals surface area contributed by atoms with Gasteiger partial charge in [0.25, 0.3) is 0 Å². The van der Waals surface area contributed by atoms with Crippen LogP contribution in [0.5, 0.6) is 0 Å². The van der Waals surface area contributed by atoms with Crippen molar-refractivity contribution in [2.24, 2.45) is 11.8 Å². The molecule has 3 aliphatic heterocycles. The first kappa shape index (κ1) is 17.5. The Bertz CT molecular complexity index is 684. The van der Waals surface area contributed by atoms with E-state index in [2.05, 4.69) is 27.8 Å². The molecule has 0 saturated carbocycles. The number of hydrogen-bond acceptors (Lipinski definition) is 4. The number of piperidine rings is 1. The molecule has 6 heteroatoms. The summed E-state index contributed by atoms with van der Waals surface area (Å²) in [4.78, 5) is 35.5. The Morgan fingerprint density at radius 1 is 1.31 bits per heavy atom. The molecule has 2 atom stereocenters. The highest BCUT2D eigenvalue weighted by molar-refractivity contribution is 5.84. The predicted molar refractivity (Wildman–Crippen MR) is 98.1 cm³/mol. The number of aromatic nitrogens is 1. The molecule has 1 aromatic rings. The molecule has 0 N–H and O–H groups in total. The fourth-order valence-electron chi connectivity index (χ4n) is 5.50. The summed E-state index contributed by atoms with van der Waals surface area (Å²) in [6.45, 7) is 8.70. The number of nitrogens with zero attached hydrogens (tertiary/aromatic N) is 4. The van der Waals surface area contributed by atoms with E-state index in [4.69, 9.17) is 0 Å². The van der Waals surface area contributed by atoms with Gasteiger partial charge in [0.1, 0.15) is 0 Å². The average Bonchev–Trinajstić information content (AvgIpc) is 3.15. The van der Waals surface area contributed by atoms with E-state index < -0.39 is 0 Å². The van der Waals surface area contributed by atoms with Gasteiger partial charge >= 0.3 is 0 Å². The van der Waals surface area contributed by atoms with Crippen LogP contribution >= 0.6 is 0 Å². The topological polar surface area (TPSA) is 56.8 Å². The van der Waals surface area contributed by atoms with Crippen molar-refractivity contribution in [3.63, 3.8) is 0 Å². The molecule has 3 fully saturated rings. The molecule has 1 aromatic heterocycles. The van der Waals surface area contributed by atoms with Crippen molar-refractivity contribution in [2.45, 2.75) is 38.8 Å². The van der Waals surface area contributed by atoms with Gasteiger partial charge < -0.3 is 9.80 Å². The molecule has 1 spiro atoms. The number of fused-ring (bicyclic) bond motifs is 2. The zero-order valence-electron chi connectivity index (χ0n) is 15.7. The van der Waals surface area contributed by atoms with Gasteiger partial charge in [0, 0.05) is 64.5 Å². The molecule has 0 radical (unpaired) electrons. The van der Waals surface area contributed by atoms with Crippen LogP contribution in [0.4, 0.5) is 0 Å². The van der Waals surface area contributed by atoms with Crippen LogP contribution in [0, 0.1) is 11.8 Å². The summed E-state index contributed by atoms with van der Waals surface area (Å²) in [6.07, 6.45) is 5.53. The lowest BCUT2D eigenvalue weighted by molar-refractivity contribution is -0.137. The van der Waals surface area contributed by atoms with Gasteiger partial charge in [-0.15, -0.1) is 0 Å². The number of carbonyl (C=O) groups excluding carboxylic acids is 2. The summed E-state index contributed by atoms with van der Waals surface area (Å²) in [7, 11) is 0. The van der Waals surface area contributed by atoms with E-state index in [0.29, 0.717) is 11.8 Å². The third-order valence-electron chi connectivity index (χ3n) is 6.73. The van der Waals surface area contributed by atoms with Gasteiger partial charge in [0.2, 0.25) is 11.8 Å². The first-order valence-electron chi connectivity index (χ1n) is 9.73. The minimum Gasteiger partial charge on any atom is -0.343 e. The summed E-state index contributed by atoms with van der Waals surface area (Å²) in [5, 5.41) is 0. The van der Waals surface area contributed by atoms with Gasteiger partial charge in [0.15, 0.2) is 0 Å². The molecular weight excluding hydrogens is 328 g/mol. The summed E-state index contributed by atoms with van der Waals surface area (Å²) in [5.74, 6) is 0.951. The van der Waals surface area contributed by atoms with Crippen molar-refractivity contribution < 1.29 is 9.59 Å². The maximum atomic E-state index is 13.1. The Labute approximate surface area is 155 Å². The minimum absolute atomic E-state index is 0.0634. The monoisotopic (exact) mass is 356 g/mol. The van der Waals surface area contributed by atoms with E-state index in [1.165, 1.54) is 5.56 Å². The molecule has 3 saturated heterocycles. The Kier molecular flexibility index (Phi) is 4.47. The van der Waals surface area contributed by atoms with E-state index in [9.17, 15) is 9.59 Å². The molecular formula is C20H28N4O2. The van der Waals surface area contributed by atoms with E-state index >= 15 is 0 Å². The maximum absolute atomic E-state index is 13.1. The van der Waals surface area contributed by atoms with E-state index in [1.807, 2.05) is 17.2 Å². The highest BCUT2D eigenvalue weighted by Crippen LogP contribution is 2.49. The highest BCUT2D eigenvalue weighted by Gasteiger charge is 2.61. The summed E-state index contributed by atoms with van der Waals surface area (Å²) in [6, 6.07) is 4.07. The number of rotatable bonds is 3. The van der Waals surface area contributed by atoms with Crippen LogP contribution in [0.1, 0.15) is 32.3 Å². The van der Waals surface area contributed by atoms with Crippen LogP contribution in [0.25, 0.3) is 0 Å².